The van der Waals surface area contributed by atoms with Gasteiger partial charge in [-0.1, -0.05) is 13.8 Å². The number of sulfonamides is 1. The number of carbonyl (C=O) groups is 1. The second-order valence-electron chi connectivity index (χ2n) is 8.79. The van der Waals surface area contributed by atoms with Gasteiger partial charge in [0, 0.05) is 36.3 Å². The highest BCUT2D eigenvalue weighted by Crippen LogP contribution is 2.42. The van der Waals surface area contributed by atoms with E-state index in [2.05, 4.69) is 0 Å². The quantitative estimate of drug-likeness (QED) is 0.441. The van der Waals surface area contributed by atoms with Crippen molar-refractivity contribution in [1.29, 1.82) is 0 Å². The van der Waals surface area contributed by atoms with Crippen molar-refractivity contribution in [2.24, 2.45) is 13.0 Å². The van der Waals surface area contributed by atoms with Crippen LogP contribution < -0.4 is 18.5 Å². The first-order valence-electron chi connectivity index (χ1n) is 11.1. The van der Waals surface area contributed by atoms with Crippen molar-refractivity contribution < 1.29 is 27.4 Å². The van der Waals surface area contributed by atoms with E-state index < -0.39 is 22.0 Å². The zero-order chi connectivity index (χ0) is 26.1. The number of amides is 1. The fourth-order valence-corrected chi connectivity index (χ4v) is 5.77. The Morgan fingerprint density at radius 2 is 1.54 bits per heavy atom. The summed E-state index contributed by atoms with van der Waals surface area (Å²) in [5.74, 6) is 0.0159. The van der Waals surface area contributed by atoms with Crippen molar-refractivity contribution in [1.82, 2.24) is 9.47 Å². The standard InChI is InChI=1S/C25H33N3O6S/c1-16(2)23(26(3)4)25(29)28(18-14-21(32-6)24(34-8)22(15-18)33-7)35(30,31)19-9-10-20-17(13-19)11-12-27(20)5/h9-16,23H,1-8H3/t23-/m0/s1. The molecule has 0 unspecified atom stereocenters. The van der Waals surface area contributed by atoms with Gasteiger partial charge < -0.3 is 18.8 Å². The van der Waals surface area contributed by atoms with Crippen LogP contribution in [0.25, 0.3) is 10.9 Å². The average molecular weight is 504 g/mol. The van der Waals surface area contributed by atoms with Gasteiger partial charge >= 0.3 is 0 Å². The molecule has 3 rings (SSSR count). The third-order valence-electron chi connectivity index (χ3n) is 5.92. The Kier molecular flexibility index (Phi) is 7.66. The molecule has 0 fully saturated rings. The minimum absolute atomic E-state index is 0.000404. The maximum Gasteiger partial charge on any atom is 0.270 e. The second kappa shape index (κ2) is 10.2. The fourth-order valence-electron chi connectivity index (χ4n) is 4.32. The van der Waals surface area contributed by atoms with Crippen LogP contribution in [0.2, 0.25) is 0 Å². The first-order chi connectivity index (χ1) is 16.5. The molecule has 190 valence electrons. The van der Waals surface area contributed by atoms with Gasteiger partial charge in [0.25, 0.3) is 15.9 Å². The van der Waals surface area contributed by atoms with E-state index in [1.807, 2.05) is 37.7 Å². The molecule has 0 spiro atoms. The van der Waals surface area contributed by atoms with Gasteiger partial charge in [-0.15, -0.1) is 0 Å². The second-order valence-corrected chi connectivity index (χ2v) is 10.6. The van der Waals surface area contributed by atoms with E-state index in [1.54, 1.807) is 31.1 Å². The van der Waals surface area contributed by atoms with E-state index in [9.17, 15) is 13.2 Å². The largest absolute Gasteiger partial charge is 0.493 e. The molecule has 2 aromatic carbocycles. The molecule has 0 N–H and O–H groups in total. The lowest BCUT2D eigenvalue weighted by Crippen LogP contribution is -2.51. The summed E-state index contributed by atoms with van der Waals surface area (Å²) < 4.78 is 47.2. The first-order valence-corrected chi connectivity index (χ1v) is 12.5. The van der Waals surface area contributed by atoms with Gasteiger partial charge in [0.05, 0.1) is 38.0 Å². The summed E-state index contributed by atoms with van der Waals surface area (Å²) in [6, 6.07) is 8.86. The molecule has 0 aliphatic rings. The van der Waals surface area contributed by atoms with E-state index in [-0.39, 0.29) is 28.0 Å². The van der Waals surface area contributed by atoms with E-state index in [4.69, 9.17) is 14.2 Å². The smallest absolute Gasteiger partial charge is 0.270 e. The number of aromatic nitrogens is 1. The van der Waals surface area contributed by atoms with Gasteiger partial charge in [0.2, 0.25) is 5.75 Å². The molecule has 0 bridgehead atoms. The Labute approximate surface area is 206 Å². The lowest BCUT2D eigenvalue weighted by Gasteiger charge is -2.32. The maximum atomic E-state index is 14.1. The molecule has 9 nitrogen and oxygen atoms in total. The van der Waals surface area contributed by atoms with Crippen molar-refractivity contribution >= 4 is 32.5 Å². The number of likely N-dealkylation sites (N-methyl/N-ethyl adjacent to an activating group) is 1. The molecule has 0 radical (unpaired) electrons. The molecule has 10 heteroatoms. The molecule has 3 aromatic rings. The van der Waals surface area contributed by atoms with Crippen molar-refractivity contribution in [2.45, 2.75) is 24.8 Å². The molecule has 0 saturated heterocycles. The maximum absolute atomic E-state index is 14.1. The highest BCUT2D eigenvalue weighted by atomic mass is 32.2. The summed E-state index contributed by atoms with van der Waals surface area (Å²) in [5, 5.41) is 0.749. The molecule has 35 heavy (non-hydrogen) atoms. The van der Waals surface area contributed by atoms with E-state index in [0.717, 1.165) is 15.2 Å². The van der Waals surface area contributed by atoms with Crippen LogP contribution in [0, 0.1) is 5.92 Å². The summed E-state index contributed by atoms with van der Waals surface area (Å²) in [4.78, 5) is 15.7. The molecule has 1 heterocycles. The molecule has 0 aliphatic carbocycles. The molecule has 0 aliphatic heterocycles. The summed E-state index contributed by atoms with van der Waals surface area (Å²) >= 11 is 0. The number of anilines is 1. The molecular formula is C25H33N3O6S. The number of hydrogen-bond donors (Lipinski definition) is 0. The SMILES string of the molecule is COc1cc(N(C(=O)[C@H](C(C)C)N(C)C)S(=O)(=O)c2ccc3c(ccn3C)c2)cc(OC)c1OC. The number of nitrogens with zero attached hydrogens (tertiary/aromatic N) is 3. The summed E-state index contributed by atoms with van der Waals surface area (Å²) in [7, 11) is 5.38. The number of carbonyl (C=O) groups excluding carboxylic acids is 1. The number of hydrogen-bond acceptors (Lipinski definition) is 7. The minimum Gasteiger partial charge on any atom is -0.493 e. The van der Waals surface area contributed by atoms with E-state index >= 15 is 0 Å². The molecule has 1 atom stereocenters. The van der Waals surface area contributed by atoms with Crippen LogP contribution in [0.15, 0.2) is 47.5 Å². The molecule has 0 saturated carbocycles. The van der Waals surface area contributed by atoms with Crippen LogP contribution in [0.4, 0.5) is 5.69 Å². The van der Waals surface area contributed by atoms with Crippen molar-refractivity contribution in [3.63, 3.8) is 0 Å². The number of fused-ring (bicyclic) bond motifs is 1. The van der Waals surface area contributed by atoms with Crippen LogP contribution in [0.1, 0.15) is 13.8 Å². The van der Waals surface area contributed by atoms with Gasteiger partial charge in [-0.3, -0.25) is 9.69 Å². The molecule has 1 amide bonds. The highest BCUT2D eigenvalue weighted by Gasteiger charge is 2.39. The molecule has 1 aromatic heterocycles. The van der Waals surface area contributed by atoms with Crippen LogP contribution in [0.5, 0.6) is 17.2 Å². The van der Waals surface area contributed by atoms with Crippen molar-refractivity contribution in [3.05, 3.63) is 42.6 Å². The minimum atomic E-state index is -4.32. The van der Waals surface area contributed by atoms with Gasteiger partial charge in [0.1, 0.15) is 0 Å². The Balaban J connectivity index is 2.30. The van der Waals surface area contributed by atoms with Crippen molar-refractivity contribution in [3.8, 4) is 17.2 Å². The monoisotopic (exact) mass is 503 g/mol. The Bertz CT molecular complexity index is 1300. The first kappa shape index (κ1) is 26.4. The van der Waals surface area contributed by atoms with Gasteiger partial charge in [-0.2, -0.15) is 0 Å². The number of methoxy groups -OCH3 is 3. The number of benzene rings is 2. The lowest BCUT2D eigenvalue weighted by atomic mass is 10.0. The summed E-state index contributed by atoms with van der Waals surface area (Å²) in [5.41, 5.74) is 0.966. The zero-order valence-corrected chi connectivity index (χ0v) is 22.2. The highest BCUT2D eigenvalue weighted by molar-refractivity contribution is 7.93. The van der Waals surface area contributed by atoms with Crippen molar-refractivity contribution in [2.75, 3.05) is 39.7 Å². The van der Waals surface area contributed by atoms with Gasteiger partial charge in [-0.25, -0.2) is 12.7 Å². The van der Waals surface area contributed by atoms with Crippen LogP contribution in [0.3, 0.4) is 0 Å². The van der Waals surface area contributed by atoms with Gasteiger partial charge in [-0.05, 0) is 44.3 Å². The number of aryl methyl sites for hydroxylation is 1. The van der Waals surface area contributed by atoms with Gasteiger partial charge in [0.15, 0.2) is 11.5 Å². The lowest BCUT2D eigenvalue weighted by molar-refractivity contribution is -0.123. The summed E-state index contributed by atoms with van der Waals surface area (Å²) in [6.07, 6.45) is 1.85. The number of ether oxygens (including phenoxy) is 3. The van der Waals surface area contributed by atoms with Crippen LogP contribution in [-0.4, -0.2) is 65.3 Å². The normalized spacial score (nSPS) is 12.7. The third-order valence-corrected chi connectivity index (χ3v) is 7.64. The topological polar surface area (TPSA) is 90.3 Å². The van der Waals surface area contributed by atoms with E-state index in [0.29, 0.717) is 5.75 Å². The average Bonchev–Trinajstić information content (AvgIpc) is 3.17. The zero-order valence-electron chi connectivity index (χ0n) is 21.4. The fraction of sp³-hybridized carbons (Fsp3) is 0.400. The Morgan fingerprint density at radius 1 is 0.943 bits per heavy atom. The Hall–Kier alpha value is -3.24. The molecular weight excluding hydrogens is 470 g/mol. The Morgan fingerprint density at radius 3 is 2.03 bits per heavy atom. The predicted molar refractivity (Wildman–Crippen MR) is 136 cm³/mol. The predicted octanol–water partition coefficient (Wildman–Crippen LogP) is 3.51. The van der Waals surface area contributed by atoms with Crippen LogP contribution in [-0.2, 0) is 21.9 Å². The third kappa shape index (κ3) is 4.81. The van der Waals surface area contributed by atoms with E-state index in [1.165, 1.54) is 39.5 Å². The number of rotatable bonds is 9. The summed E-state index contributed by atoms with van der Waals surface area (Å²) in [6.45, 7) is 3.75. The van der Waals surface area contributed by atoms with Crippen LogP contribution >= 0.6 is 0 Å².